The molecule has 1 atom stereocenters. The van der Waals surface area contributed by atoms with Gasteiger partial charge in [-0.3, -0.25) is 4.79 Å². The lowest BCUT2D eigenvalue weighted by Gasteiger charge is -2.36. The van der Waals surface area contributed by atoms with E-state index in [2.05, 4.69) is 10.1 Å². The smallest absolute Gasteiger partial charge is 0.393 e. The number of nitrogens with zero attached hydrogens (tertiary/aromatic N) is 4. The molecule has 174 valence electrons. The van der Waals surface area contributed by atoms with Gasteiger partial charge in [-0.25, -0.2) is 9.67 Å². The Morgan fingerprint density at radius 2 is 1.97 bits per heavy atom. The van der Waals surface area contributed by atoms with Crippen LogP contribution in [0.1, 0.15) is 47.1 Å². The highest BCUT2D eigenvalue weighted by atomic mass is 19.4. The Hall–Kier alpha value is -3.36. The molecule has 2 aromatic carbocycles. The highest BCUT2D eigenvalue weighted by molar-refractivity contribution is 6.09. The first-order valence-corrected chi connectivity index (χ1v) is 10.7. The molecule has 0 spiro atoms. The molecule has 0 radical (unpaired) electrons. The van der Waals surface area contributed by atoms with Gasteiger partial charge in [-0.2, -0.15) is 18.3 Å². The van der Waals surface area contributed by atoms with Gasteiger partial charge < -0.3 is 9.64 Å². The zero-order chi connectivity index (χ0) is 23.9. The Labute approximate surface area is 190 Å². The number of alkyl halides is 3. The molecule has 9 heteroatoms. The number of carbonyl (C=O) groups is 1. The molecule has 0 unspecified atom stereocenters. The monoisotopic (exact) mass is 458 g/mol. The molecule has 6 nitrogen and oxygen atoms in total. The van der Waals surface area contributed by atoms with Crippen molar-refractivity contribution in [2.75, 3.05) is 18.6 Å². The maximum atomic E-state index is 13.7. The highest BCUT2D eigenvalue weighted by Gasteiger charge is 2.45. The molecular weight excluding hydrogens is 433 g/mol. The number of benzene rings is 2. The SMILES string of the molecule is COc1ccc(-n2cnc(C(C)C)n2)cc1C(=O)N1C[C@@H](C(F)(F)F)Cc2c(C)cccc21. The fraction of sp³-hybridized carbons (Fsp3) is 0.375. The number of ether oxygens (including phenoxy) is 1. The van der Waals surface area contributed by atoms with Crippen molar-refractivity contribution in [3.63, 3.8) is 0 Å². The van der Waals surface area contributed by atoms with Gasteiger partial charge in [0.05, 0.1) is 24.3 Å². The second kappa shape index (κ2) is 8.53. The van der Waals surface area contributed by atoms with Gasteiger partial charge in [0.15, 0.2) is 5.82 Å². The number of hydrogen-bond acceptors (Lipinski definition) is 4. The van der Waals surface area contributed by atoms with Gasteiger partial charge in [0, 0.05) is 18.2 Å². The van der Waals surface area contributed by atoms with Crippen LogP contribution in [0.25, 0.3) is 5.69 Å². The molecule has 1 aromatic heterocycles. The Kier molecular flexibility index (Phi) is 5.90. The molecule has 0 saturated carbocycles. The first-order chi connectivity index (χ1) is 15.6. The lowest BCUT2D eigenvalue weighted by Crippen LogP contribution is -2.45. The van der Waals surface area contributed by atoms with E-state index in [0.717, 1.165) is 5.56 Å². The first kappa shape index (κ1) is 22.8. The summed E-state index contributed by atoms with van der Waals surface area (Å²) in [6, 6.07) is 10.1. The van der Waals surface area contributed by atoms with E-state index in [4.69, 9.17) is 4.74 Å². The Balaban J connectivity index is 1.78. The first-order valence-electron chi connectivity index (χ1n) is 10.7. The fourth-order valence-electron chi connectivity index (χ4n) is 4.06. The average molecular weight is 458 g/mol. The molecule has 3 aromatic rings. The van der Waals surface area contributed by atoms with Crippen molar-refractivity contribution in [1.82, 2.24) is 14.8 Å². The molecule has 2 heterocycles. The summed E-state index contributed by atoms with van der Waals surface area (Å²) in [5, 5.41) is 4.43. The fourth-order valence-corrected chi connectivity index (χ4v) is 4.06. The molecule has 1 amide bonds. The maximum absolute atomic E-state index is 13.7. The van der Waals surface area contributed by atoms with Crippen molar-refractivity contribution in [2.45, 2.75) is 39.3 Å². The van der Waals surface area contributed by atoms with Crippen molar-refractivity contribution in [3.05, 3.63) is 65.2 Å². The Bertz CT molecular complexity index is 1190. The third-order valence-corrected chi connectivity index (χ3v) is 5.94. The third-order valence-electron chi connectivity index (χ3n) is 5.94. The Morgan fingerprint density at radius 1 is 1.21 bits per heavy atom. The number of carbonyl (C=O) groups excluding carboxylic acids is 1. The zero-order valence-electron chi connectivity index (χ0n) is 18.8. The van der Waals surface area contributed by atoms with Crippen molar-refractivity contribution < 1.29 is 22.7 Å². The van der Waals surface area contributed by atoms with E-state index in [1.807, 2.05) is 13.8 Å². The summed E-state index contributed by atoms with van der Waals surface area (Å²) in [4.78, 5) is 19.1. The minimum atomic E-state index is -4.42. The second-order valence-corrected chi connectivity index (χ2v) is 8.52. The van der Waals surface area contributed by atoms with Crippen LogP contribution < -0.4 is 9.64 Å². The number of aromatic nitrogens is 3. The summed E-state index contributed by atoms with van der Waals surface area (Å²) in [6.45, 7) is 5.25. The number of rotatable bonds is 4. The number of halogens is 3. The average Bonchev–Trinajstić information content (AvgIpc) is 3.28. The summed E-state index contributed by atoms with van der Waals surface area (Å²) in [7, 11) is 1.42. The van der Waals surface area contributed by atoms with Crippen molar-refractivity contribution in [2.24, 2.45) is 5.92 Å². The summed E-state index contributed by atoms with van der Waals surface area (Å²) in [5.41, 5.74) is 2.48. The summed E-state index contributed by atoms with van der Waals surface area (Å²) in [5.74, 6) is -1.16. The van der Waals surface area contributed by atoms with E-state index in [9.17, 15) is 18.0 Å². The topological polar surface area (TPSA) is 60.2 Å². The van der Waals surface area contributed by atoms with Crippen LogP contribution in [0.15, 0.2) is 42.7 Å². The van der Waals surface area contributed by atoms with Gasteiger partial charge in [0.2, 0.25) is 0 Å². The van der Waals surface area contributed by atoms with E-state index < -0.39 is 24.5 Å². The number of fused-ring (bicyclic) bond motifs is 1. The predicted octanol–water partition coefficient (Wildman–Crippen LogP) is 5.09. The molecule has 0 aliphatic carbocycles. The van der Waals surface area contributed by atoms with E-state index in [1.165, 1.54) is 12.0 Å². The van der Waals surface area contributed by atoms with Crippen molar-refractivity contribution in [3.8, 4) is 11.4 Å². The zero-order valence-corrected chi connectivity index (χ0v) is 18.8. The predicted molar refractivity (Wildman–Crippen MR) is 118 cm³/mol. The molecular formula is C24H25F3N4O2. The van der Waals surface area contributed by atoms with E-state index in [1.54, 1.807) is 54.3 Å². The summed E-state index contributed by atoms with van der Waals surface area (Å²) >= 11 is 0. The van der Waals surface area contributed by atoms with Crippen LogP contribution >= 0.6 is 0 Å². The number of amides is 1. The number of methoxy groups -OCH3 is 1. The van der Waals surface area contributed by atoms with E-state index in [0.29, 0.717) is 22.8 Å². The third kappa shape index (κ3) is 4.31. The van der Waals surface area contributed by atoms with Crippen LogP contribution in [0.3, 0.4) is 0 Å². The standard InChI is InChI=1S/C24H25F3N4O2/c1-14(2)22-28-13-31(29-22)17-8-9-21(33-4)19(11-17)23(32)30-12-16(24(25,26)27)10-18-15(3)6-5-7-20(18)30/h5-9,11,13-14,16H,10,12H2,1-4H3/t16-/m0/s1. The molecule has 0 fully saturated rings. The molecule has 4 rings (SSSR count). The lowest BCUT2D eigenvalue weighted by atomic mass is 9.88. The van der Waals surface area contributed by atoms with Crippen LogP contribution in [-0.4, -0.2) is 40.5 Å². The van der Waals surface area contributed by atoms with Crippen LogP contribution in [0.2, 0.25) is 0 Å². The molecule has 0 bridgehead atoms. The van der Waals surface area contributed by atoms with Gasteiger partial charge in [0.25, 0.3) is 5.91 Å². The summed E-state index contributed by atoms with van der Waals surface area (Å²) in [6.07, 6.45) is -3.02. The van der Waals surface area contributed by atoms with Gasteiger partial charge >= 0.3 is 6.18 Å². The Morgan fingerprint density at radius 3 is 2.61 bits per heavy atom. The largest absolute Gasteiger partial charge is 0.496 e. The van der Waals surface area contributed by atoms with Crippen molar-refractivity contribution in [1.29, 1.82) is 0 Å². The number of hydrogen-bond donors (Lipinski definition) is 0. The van der Waals surface area contributed by atoms with Crippen LogP contribution in [0.4, 0.5) is 18.9 Å². The van der Waals surface area contributed by atoms with Gasteiger partial charge in [-0.15, -0.1) is 0 Å². The minimum Gasteiger partial charge on any atom is -0.496 e. The van der Waals surface area contributed by atoms with Crippen LogP contribution in [0.5, 0.6) is 5.75 Å². The van der Waals surface area contributed by atoms with E-state index >= 15 is 0 Å². The molecule has 33 heavy (non-hydrogen) atoms. The van der Waals surface area contributed by atoms with Crippen LogP contribution in [0, 0.1) is 12.8 Å². The number of aryl methyl sites for hydroxylation is 1. The maximum Gasteiger partial charge on any atom is 0.393 e. The highest BCUT2D eigenvalue weighted by Crippen LogP contribution is 2.40. The van der Waals surface area contributed by atoms with Crippen molar-refractivity contribution >= 4 is 11.6 Å². The van der Waals surface area contributed by atoms with E-state index in [-0.39, 0.29) is 23.7 Å². The normalized spacial score (nSPS) is 16.1. The van der Waals surface area contributed by atoms with Gasteiger partial charge in [-0.1, -0.05) is 26.0 Å². The lowest BCUT2D eigenvalue weighted by molar-refractivity contribution is -0.172. The second-order valence-electron chi connectivity index (χ2n) is 8.52. The summed E-state index contributed by atoms with van der Waals surface area (Å²) < 4.78 is 48.1. The number of anilines is 1. The van der Waals surface area contributed by atoms with Crippen LogP contribution in [-0.2, 0) is 6.42 Å². The minimum absolute atomic E-state index is 0.123. The van der Waals surface area contributed by atoms with Gasteiger partial charge in [0.1, 0.15) is 12.1 Å². The quantitative estimate of drug-likeness (QED) is 0.547. The molecule has 0 saturated heterocycles. The molecule has 1 aliphatic heterocycles. The molecule has 1 aliphatic rings. The van der Waals surface area contributed by atoms with Gasteiger partial charge in [-0.05, 0) is 48.7 Å². The molecule has 0 N–H and O–H groups in total.